The number of nitrogens with zero attached hydrogens (tertiary/aromatic N) is 1. The summed E-state index contributed by atoms with van der Waals surface area (Å²) in [5, 5.41) is 16.6. The van der Waals surface area contributed by atoms with Gasteiger partial charge in [-0.25, -0.2) is 0 Å². The number of aliphatic hydroxyl groups is 1. The third-order valence-corrected chi connectivity index (χ3v) is 3.85. The van der Waals surface area contributed by atoms with Gasteiger partial charge in [-0.1, -0.05) is 11.2 Å². The molecule has 1 aromatic carbocycles. The van der Waals surface area contributed by atoms with Crippen molar-refractivity contribution in [1.29, 1.82) is 0 Å². The lowest BCUT2D eigenvalue weighted by molar-refractivity contribution is 0.0837. The van der Waals surface area contributed by atoms with Crippen LogP contribution in [0.4, 0.5) is 11.4 Å². The summed E-state index contributed by atoms with van der Waals surface area (Å²) in [5.74, 6) is 0.796. The Kier molecular flexibility index (Phi) is 3.14. The molecule has 1 fully saturated rings. The molecule has 0 atom stereocenters. The molecule has 0 unspecified atom stereocenters. The number of benzene rings is 1. The average Bonchev–Trinajstić information content (AvgIpc) is 2.69. The standard InChI is InChI=1S/C15H19N3O2/c1-8-15(9(2)20-18-8)10-3-4-14(13(16)5-10)17-11-6-12(19)7-11/h3-5,11-12,17,19H,6-7,16H2,1-2H3/t11-,12-. The van der Waals surface area contributed by atoms with Crippen LogP contribution in [0.25, 0.3) is 11.1 Å². The lowest BCUT2D eigenvalue weighted by Crippen LogP contribution is -2.39. The van der Waals surface area contributed by atoms with Crippen LogP contribution >= 0.6 is 0 Å². The van der Waals surface area contributed by atoms with Crippen LogP contribution in [0.5, 0.6) is 0 Å². The molecule has 20 heavy (non-hydrogen) atoms. The SMILES string of the molecule is Cc1noc(C)c1-c1ccc(N[C@H]2C[C@H](O)C2)c(N)c1. The maximum atomic E-state index is 9.31. The molecule has 5 heteroatoms. The number of rotatable bonds is 3. The Bertz CT molecular complexity index is 611. The van der Waals surface area contributed by atoms with Gasteiger partial charge in [0.25, 0.3) is 0 Å². The number of aromatic nitrogens is 1. The number of aliphatic hydroxyl groups excluding tert-OH is 1. The molecule has 0 amide bonds. The molecule has 2 aromatic rings. The van der Waals surface area contributed by atoms with E-state index in [0.29, 0.717) is 11.7 Å². The summed E-state index contributed by atoms with van der Waals surface area (Å²) in [5.41, 5.74) is 10.6. The first kappa shape index (κ1) is 13.0. The average molecular weight is 273 g/mol. The molecule has 0 radical (unpaired) electrons. The largest absolute Gasteiger partial charge is 0.397 e. The number of aryl methyl sites for hydroxylation is 2. The Morgan fingerprint density at radius 1 is 1.35 bits per heavy atom. The van der Waals surface area contributed by atoms with Crippen molar-refractivity contribution in [3.8, 4) is 11.1 Å². The smallest absolute Gasteiger partial charge is 0.141 e. The Morgan fingerprint density at radius 2 is 2.10 bits per heavy atom. The van der Waals surface area contributed by atoms with Gasteiger partial charge in [-0.05, 0) is 44.4 Å². The highest BCUT2D eigenvalue weighted by Gasteiger charge is 2.27. The van der Waals surface area contributed by atoms with Crippen molar-refractivity contribution in [3.63, 3.8) is 0 Å². The fraction of sp³-hybridized carbons (Fsp3) is 0.400. The molecular formula is C15H19N3O2. The van der Waals surface area contributed by atoms with Gasteiger partial charge >= 0.3 is 0 Å². The minimum Gasteiger partial charge on any atom is -0.397 e. The summed E-state index contributed by atoms with van der Waals surface area (Å²) >= 11 is 0. The predicted molar refractivity (Wildman–Crippen MR) is 78.5 cm³/mol. The van der Waals surface area contributed by atoms with Crippen molar-refractivity contribution in [2.75, 3.05) is 11.1 Å². The molecule has 0 saturated heterocycles. The fourth-order valence-corrected chi connectivity index (χ4v) is 2.67. The van der Waals surface area contributed by atoms with Crippen molar-refractivity contribution in [1.82, 2.24) is 5.16 Å². The van der Waals surface area contributed by atoms with Crippen LogP contribution in [-0.2, 0) is 0 Å². The third kappa shape index (κ3) is 2.25. The van der Waals surface area contributed by atoms with Crippen molar-refractivity contribution in [2.45, 2.75) is 38.8 Å². The lowest BCUT2D eigenvalue weighted by atomic mass is 9.89. The molecule has 0 spiro atoms. The molecule has 0 bridgehead atoms. The maximum absolute atomic E-state index is 9.31. The Balaban J connectivity index is 1.84. The van der Waals surface area contributed by atoms with Gasteiger partial charge in [0, 0.05) is 11.6 Å². The molecular weight excluding hydrogens is 254 g/mol. The molecule has 4 N–H and O–H groups in total. The molecule has 3 rings (SSSR count). The van der Waals surface area contributed by atoms with Crippen LogP contribution in [0, 0.1) is 13.8 Å². The van der Waals surface area contributed by atoms with Gasteiger partial charge in [0.2, 0.25) is 0 Å². The lowest BCUT2D eigenvalue weighted by Gasteiger charge is -2.33. The van der Waals surface area contributed by atoms with Crippen LogP contribution in [-0.4, -0.2) is 22.4 Å². The van der Waals surface area contributed by atoms with E-state index in [-0.39, 0.29) is 6.10 Å². The van der Waals surface area contributed by atoms with Gasteiger partial charge in [-0.2, -0.15) is 0 Å². The van der Waals surface area contributed by atoms with Crippen molar-refractivity contribution in [3.05, 3.63) is 29.7 Å². The summed E-state index contributed by atoms with van der Waals surface area (Å²) < 4.78 is 5.19. The van der Waals surface area contributed by atoms with E-state index in [9.17, 15) is 5.11 Å². The van der Waals surface area contributed by atoms with E-state index in [0.717, 1.165) is 41.1 Å². The van der Waals surface area contributed by atoms with Gasteiger partial charge in [-0.3, -0.25) is 0 Å². The van der Waals surface area contributed by atoms with E-state index < -0.39 is 0 Å². The van der Waals surface area contributed by atoms with Crippen LogP contribution in [0.3, 0.4) is 0 Å². The van der Waals surface area contributed by atoms with Gasteiger partial charge in [0.05, 0.1) is 23.2 Å². The Morgan fingerprint density at radius 3 is 2.65 bits per heavy atom. The van der Waals surface area contributed by atoms with Gasteiger partial charge < -0.3 is 20.7 Å². The Labute approximate surface area is 117 Å². The quantitative estimate of drug-likeness (QED) is 0.748. The number of hydrogen-bond acceptors (Lipinski definition) is 5. The second kappa shape index (κ2) is 4.83. The summed E-state index contributed by atoms with van der Waals surface area (Å²) in [6.45, 7) is 3.82. The maximum Gasteiger partial charge on any atom is 0.141 e. The predicted octanol–water partition coefficient (Wildman–Crippen LogP) is 2.48. The summed E-state index contributed by atoms with van der Waals surface area (Å²) in [6, 6.07) is 6.24. The van der Waals surface area contributed by atoms with Crippen LogP contribution in [0.2, 0.25) is 0 Å². The van der Waals surface area contributed by atoms with E-state index in [1.54, 1.807) is 0 Å². The molecule has 1 aliphatic carbocycles. The van der Waals surface area contributed by atoms with Gasteiger partial charge in [0.1, 0.15) is 5.76 Å². The zero-order chi connectivity index (χ0) is 14.3. The van der Waals surface area contributed by atoms with Crippen LogP contribution < -0.4 is 11.1 Å². The monoisotopic (exact) mass is 273 g/mol. The number of anilines is 2. The first-order valence-electron chi connectivity index (χ1n) is 6.82. The number of hydrogen-bond donors (Lipinski definition) is 3. The number of nitrogens with one attached hydrogen (secondary N) is 1. The topological polar surface area (TPSA) is 84.3 Å². The molecule has 0 aliphatic heterocycles. The Hall–Kier alpha value is -2.01. The van der Waals surface area contributed by atoms with Gasteiger partial charge in [-0.15, -0.1) is 0 Å². The fourth-order valence-electron chi connectivity index (χ4n) is 2.67. The van der Waals surface area contributed by atoms with Crippen LogP contribution in [0.1, 0.15) is 24.3 Å². The molecule has 1 heterocycles. The van der Waals surface area contributed by atoms with E-state index in [2.05, 4.69) is 10.5 Å². The number of nitrogen functional groups attached to an aromatic ring is 1. The highest BCUT2D eigenvalue weighted by molar-refractivity contribution is 5.77. The highest BCUT2D eigenvalue weighted by Crippen LogP contribution is 2.33. The molecule has 1 aliphatic rings. The number of nitrogens with two attached hydrogens (primary N) is 1. The minimum atomic E-state index is -0.171. The molecule has 1 saturated carbocycles. The highest BCUT2D eigenvalue weighted by atomic mass is 16.5. The summed E-state index contributed by atoms with van der Waals surface area (Å²) in [6.07, 6.45) is 1.39. The van der Waals surface area contributed by atoms with Crippen molar-refractivity contribution >= 4 is 11.4 Å². The minimum absolute atomic E-state index is 0.171. The normalized spacial score (nSPS) is 21.6. The van der Waals surface area contributed by atoms with E-state index in [1.807, 2.05) is 32.0 Å². The van der Waals surface area contributed by atoms with Crippen molar-refractivity contribution in [2.24, 2.45) is 0 Å². The molecule has 5 nitrogen and oxygen atoms in total. The molecule has 106 valence electrons. The first-order chi connectivity index (χ1) is 9.54. The summed E-state index contributed by atoms with van der Waals surface area (Å²) in [7, 11) is 0. The first-order valence-corrected chi connectivity index (χ1v) is 6.82. The summed E-state index contributed by atoms with van der Waals surface area (Å²) in [4.78, 5) is 0. The zero-order valence-corrected chi connectivity index (χ0v) is 11.7. The van der Waals surface area contributed by atoms with E-state index >= 15 is 0 Å². The second-order valence-corrected chi connectivity index (χ2v) is 5.47. The van der Waals surface area contributed by atoms with E-state index in [4.69, 9.17) is 10.3 Å². The third-order valence-electron chi connectivity index (χ3n) is 3.85. The van der Waals surface area contributed by atoms with Crippen molar-refractivity contribution < 1.29 is 9.63 Å². The van der Waals surface area contributed by atoms with Crippen LogP contribution in [0.15, 0.2) is 22.7 Å². The molecule has 1 aromatic heterocycles. The van der Waals surface area contributed by atoms with E-state index in [1.165, 1.54) is 0 Å². The zero-order valence-electron chi connectivity index (χ0n) is 11.7. The second-order valence-electron chi connectivity index (χ2n) is 5.47. The van der Waals surface area contributed by atoms with Gasteiger partial charge in [0.15, 0.2) is 0 Å².